The summed E-state index contributed by atoms with van der Waals surface area (Å²) in [7, 11) is 3.40. The van der Waals surface area contributed by atoms with E-state index in [2.05, 4.69) is 15.6 Å². The number of amides is 5. The number of hydrogen-bond acceptors (Lipinski definition) is 7. The van der Waals surface area contributed by atoms with E-state index in [0.29, 0.717) is 36.8 Å². The highest BCUT2D eigenvalue weighted by Crippen LogP contribution is 2.28. The van der Waals surface area contributed by atoms with Crippen molar-refractivity contribution in [2.75, 3.05) is 25.6 Å². The van der Waals surface area contributed by atoms with Gasteiger partial charge in [-0.2, -0.15) is 0 Å². The smallest absolute Gasteiger partial charge is 0.322 e. The number of rotatable bonds is 3. The molecule has 2 saturated heterocycles. The molecule has 37 heavy (non-hydrogen) atoms. The average Bonchev–Trinajstić information content (AvgIpc) is 3.40. The molecule has 4 aliphatic rings. The summed E-state index contributed by atoms with van der Waals surface area (Å²) in [5.74, 6) is 1.40. The van der Waals surface area contributed by atoms with Gasteiger partial charge in [0.2, 0.25) is 5.91 Å². The number of urea groups is 1. The molecule has 0 radical (unpaired) electrons. The lowest BCUT2D eigenvalue weighted by Crippen LogP contribution is -2.36. The quantitative estimate of drug-likeness (QED) is 0.610. The number of fused-ring (bicyclic) bond motifs is 2. The predicted octanol–water partition coefficient (Wildman–Crippen LogP) is 1.96. The van der Waals surface area contributed by atoms with Gasteiger partial charge in [-0.3, -0.25) is 24.6 Å². The standard InChI is InChI=1S/C16H16N4O4.C10H11NO2/c21-13-3-1-2-6-20(13)12-5-4-9-8-24-11(7-10(9)17-12)14-15(22)19-16(23)18-14;1-11-6-7-3-4-8(13-2)5-9(7)10(11)12/h4-5,7,14H,1-3,6,8H2,(H2,18,19,22,23);3-5H,6H2,1-2H3. The second-order valence-electron chi connectivity index (χ2n) is 9.13. The van der Waals surface area contributed by atoms with Crippen molar-refractivity contribution >= 4 is 35.6 Å². The molecule has 1 aromatic heterocycles. The maximum atomic E-state index is 12.1. The minimum absolute atomic E-state index is 0.0763. The Morgan fingerprint density at radius 1 is 1.08 bits per heavy atom. The fourth-order valence-electron chi connectivity index (χ4n) is 4.61. The van der Waals surface area contributed by atoms with Gasteiger partial charge in [0.1, 0.15) is 23.9 Å². The minimum Gasteiger partial charge on any atom is -0.497 e. The fourth-order valence-corrected chi connectivity index (χ4v) is 4.61. The zero-order valence-corrected chi connectivity index (χ0v) is 20.6. The van der Waals surface area contributed by atoms with Crippen LogP contribution in [-0.4, -0.2) is 60.4 Å². The van der Waals surface area contributed by atoms with E-state index in [1.165, 1.54) is 0 Å². The van der Waals surface area contributed by atoms with Crippen molar-refractivity contribution in [1.29, 1.82) is 0 Å². The van der Waals surface area contributed by atoms with Crippen molar-refractivity contribution in [3.05, 3.63) is 58.5 Å². The first-order valence-electron chi connectivity index (χ1n) is 12.0. The van der Waals surface area contributed by atoms with Gasteiger partial charge in [-0.1, -0.05) is 6.07 Å². The number of methoxy groups -OCH3 is 1. The third kappa shape index (κ3) is 4.84. The van der Waals surface area contributed by atoms with Gasteiger partial charge in [-0.05, 0) is 42.7 Å². The summed E-state index contributed by atoms with van der Waals surface area (Å²) < 4.78 is 10.6. The summed E-state index contributed by atoms with van der Waals surface area (Å²) in [6, 6.07) is 7.92. The molecule has 2 aromatic rings. The molecule has 4 aliphatic heterocycles. The summed E-state index contributed by atoms with van der Waals surface area (Å²) in [6.07, 6.45) is 4.06. The van der Waals surface area contributed by atoms with E-state index in [0.717, 1.165) is 35.3 Å². The second kappa shape index (κ2) is 9.92. The van der Waals surface area contributed by atoms with Crippen molar-refractivity contribution in [2.45, 2.75) is 38.5 Å². The summed E-state index contributed by atoms with van der Waals surface area (Å²) in [5.41, 5.74) is 3.37. The van der Waals surface area contributed by atoms with E-state index in [4.69, 9.17) is 9.47 Å². The molecular weight excluding hydrogens is 478 g/mol. The third-order valence-corrected chi connectivity index (χ3v) is 6.63. The van der Waals surface area contributed by atoms with Crippen LogP contribution >= 0.6 is 0 Å². The monoisotopic (exact) mass is 505 g/mol. The Morgan fingerprint density at radius 3 is 2.62 bits per heavy atom. The summed E-state index contributed by atoms with van der Waals surface area (Å²) in [6.45, 7) is 1.64. The lowest BCUT2D eigenvalue weighted by molar-refractivity contribution is -0.120. The predicted molar refractivity (Wildman–Crippen MR) is 132 cm³/mol. The van der Waals surface area contributed by atoms with E-state index < -0.39 is 18.0 Å². The zero-order valence-electron chi connectivity index (χ0n) is 20.6. The Morgan fingerprint density at radius 2 is 1.89 bits per heavy atom. The molecule has 5 heterocycles. The van der Waals surface area contributed by atoms with Gasteiger partial charge in [0.05, 0.1) is 12.8 Å². The number of hydrogen-bond donors (Lipinski definition) is 2. The molecule has 0 saturated carbocycles. The molecule has 0 bridgehead atoms. The number of aromatic nitrogens is 1. The van der Waals surface area contributed by atoms with Gasteiger partial charge in [0.25, 0.3) is 11.8 Å². The Labute approximate surface area is 213 Å². The maximum absolute atomic E-state index is 12.1. The summed E-state index contributed by atoms with van der Waals surface area (Å²) >= 11 is 0. The maximum Gasteiger partial charge on any atom is 0.322 e. The Balaban J connectivity index is 0.000000182. The molecular formula is C26H27N5O6. The van der Waals surface area contributed by atoms with Crippen LogP contribution in [0.15, 0.2) is 36.1 Å². The molecule has 6 rings (SSSR count). The van der Waals surface area contributed by atoms with Gasteiger partial charge in [-0.15, -0.1) is 0 Å². The van der Waals surface area contributed by atoms with Crippen molar-refractivity contribution < 1.29 is 28.7 Å². The van der Waals surface area contributed by atoms with Crippen LogP contribution in [0, 0.1) is 0 Å². The van der Waals surface area contributed by atoms with Gasteiger partial charge < -0.3 is 19.7 Å². The van der Waals surface area contributed by atoms with Crippen LogP contribution in [0.5, 0.6) is 5.75 Å². The number of carbonyl (C=O) groups excluding carboxylic acids is 4. The van der Waals surface area contributed by atoms with Crippen LogP contribution in [0.2, 0.25) is 0 Å². The molecule has 192 valence electrons. The van der Waals surface area contributed by atoms with E-state index in [1.807, 2.05) is 24.3 Å². The van der Waals surface area contributed by atoms with E-state index in [-0.39, 0.29) is 18.4 Å². The van der Waals surface area contributed by atoms with E-state index in [9.17, 15) is 19.2 Å². The van der Waals surface area contributed by atoms with Crippen LogP contribution in [-0.2, 0) is 27.5 Å². The lowest BCUT2D eigenvalue weighted by atomic mass is 10.1. The highest BCUT2D eigenvalue weighted by molar-refractivity contribution is 6.06. The van der Waals surface area contributed by atoms with Gasteiger partial charge in [-0.25, -0.2) is 9.78 Å². The van der Waals surface area contributed by atoms with Gasteiger partial charge in [0, 0.05) is 43.8 Å². The van der Waals surface area contributed by atoms with E-state index in [1.54, 1.807) is 36.1 Å². The molecule has 1 atom stereocenters. The van der Waals surface area contributed by atoms with Crippen LogP contribution in [0.4, 0.5) is 10.6 Å². The highest BCUT2D eigenvalue weighted by Gasteiger charge is 2.35. The van der Waals surface area contributed by atoms with Crippen LogP contribution in [0.25, 0.3) is 6.08 Å². The minimum atomic E-state index is -0.840. The van der Waals surface area contributed by atoms with Crippen molar-refractivity contribution in [1.82, 2.24) is 20.5 Å². The first-order chi connectivity index (χ1) is 17.8. The number of anilines is 1. The molecule has 2 N–H and O–H groups in total. The molecule has 0 spiro atoms. The number of pyridine rings is 1. The number of benzene rings is 1. The molecule has 1 unspecified atom stereocenters. The van der Waals surface area contributed by atoms with Gasteiger partial charge >= 0.3 is 6.03 Å². The summed E-state index contributed by atoms with van der Waals surface area (Å²) in [5, 5.41) is 4.68. The number of nitrogens with zero attached hydrogens (tertiary/aromatic N) is 3. The normalized spacial score (nSPS) is 20.2. The molecule has 5 amide bonds. The first-order valence-corrected chi connectivity index (χ1v) is 12.0. The molecule has 2 fully saturated rings. The largest absolute Gasteiger partial charge is 0.497 e. The van der Waals surface area contributed by atoms with E-state index >= 15 is 0 Å². The van der Waals surface area contributed by atoms with Crippen LogP contribution < -0.4 is 20.3 Å². The second-order valence-corrected chi connectivity index (χ2v) is 9.13. The fraction of sp³-hybridized carbons (Fsp3) is 0.346. The zero-order chi connectivity index (χ0) is 26.1. The molecule has 0 aliphatic carbocycles. The van der Waals surface area contributed by atoms with Crippen LogP contribution in [0.3, 0.4) is 0 Å². The Kier molecular flexibility index (Phi) is 6.51. The first kappa shape index (κ1) is 24.3. The molecule has 1 aromatic carbocycles. The third-order valence-electron chi connectivity index (χ3n) is 6.63. The number of carbonyl (C=O) groups is 4. The molecule has 11 nitrogen and oxygen atoms in total. The van der Waals surface area contributed by atoms with Crippen molar-refractivity contribution in [2.24, 2.45) is 0 Å². The van der Waals surface area contributed by atoms with Crippen LogP contribution in [0.1, 0.15) is 46.4 Å². The lowest BCUT2D eigenvalue weighted by Gasteiger charge is -2.27. The number of imide groups is 1. The molecule has 11 heteroatoms. The average molecular weight is 506 g/mol. The van der Waals surface area contributed by atoms with Crippen molar-refractivity contribution in [3.63, 3.8) is 0 Å². The summed E-state index contributed by atoms with van der Waals surface area (Å²) in [4.78, 5) is 54.6. The number of piperidine rings is 1. The highest BCUT2D eigenvalue weighted by atomic mass is 16.5. The number of ether oxygens (including phenoxy) is 2. The van der Waals surface area contributed by atoms with Gasteiger partial charge in [0.15, 0.2) is 6.04 Å². The Bertz CT molecular complexity index is 1320. The SMILES string of the molecule is COc1ccc2c(c1)C(=O)N(C)C2.O=C1NC(=O)C(C2=Cc3nc(N4CCCCC4=O)ccc3CO2)N1. The number of nitrogens with one attached hydrogen (secondary N) is 2. The van der Waals surface area contributed by atoms with Crippen molar-refractivity contribution in [3.8, 4) is 5.75 Å². The Hall–Kier alpha value is -4.41. The topological polar surface area (TPSA) is 130 Å².